The molecule has 21 heavy (non-hydrogen) atoms. The predicted molar refractivity (Wildman–Crippen MR) is 86.1 cm³/mol. The van der Waals surface area contributed by atoms with Gasteiger partial charge < -0.3 is 9.47 Å². The van der Waals surface area contributed by atoms with Crippen molar-refractivity contribution in [1.82, 2.24) is 0 Å². The highest BCUT2D eigenvalue weighted by molar-refractivity contribution is 5.63. The van der Waals surface area contributed by atoms with Crippen LogP contribution >= 0.6 is 0 Å². The minimum atomic E-state index is 0.441. The molecule has 108 valence electrons. The van der Waals surface area contributed by atoms with Crippen molar-refractivity contribution >= 4 is 6.08 Å². The summed E-state index contributed by atoms with van der Waals surface area (Å²) in [5, 5.41) is 0. The summed E-state index contributed by atoms with van der Waals surface area (Å²) in [6, 6.07) is 14.7. The molecule has 0 heterocycles. The Morgan fingerprint density at radius 2 is 1.57 bits per heavy atom. The topological polar surface area (TPSA) is 18.5 Å². The van der Waals surface area contributed by atoms with Crippen molar-refractivity contribution in [3.8, 4) is 11.5 Å². The van der Waals surface area contributed by atoms with Gasteiger partial charge in [-0.3, -0.25) is 0 Å². The number of hydrogen-bond donors (Lipinski definition) is 0. The Morgan fingerprint density at radius 1 is 0.905 bits per heavy atom. The van der Waals surface area contributed by atoms with E-state index >= 15 is 0 Å². The number of allylic oxidation sites excluding steroid dienone is 1. The van der Waals surface area contributed by atoms with Crippen molar-refractivity contribution < 1.29 is 9.47 Å². The lowest BCUT2D eigenvalue weighted by Gasteiger charge is -2.25. The first-order chi connectivity index (χ1) is 10.2. The van der Waals surface area contributed by atoms with E-state index in [-0.39, 0.29) is 0 Å². The number of ether oxygens (including phenoxy) is 2. The molecule has 2 heteroatoms. The van der Waals surface area contributed by atoms with Gasteiger partial charge in [0.25, 0.3) is 0 Å². The summed E-state index contributed by atoms with van der Waals surface area (Å²) in [6.07, 6.45) is 3.31. The number of fused-ring (bicyclic) bond motifs is 1. The first-order valence-electron chi connectivity index (χ1n) is 7.20. The maximum atomic E-state index is 5.31. The summed E-state index contributed by atoms with van der Waals surface area (Å²) in [5.41, 5.74) is 5.38. The Morgan fingerprint density at radius 3 is 2.24 bits per heavy atom. The zero-order chi connectivity index (χ0) is 14.8. The van der Waals surface area contributed by atoms with Crippen LogP contribution in [0, 0.1) is 0 Å². The van der Waals surface area contributed by atoms with Gasteiger partial charge in [0, 0.05) is 5.92 Å². The van der Waals surface area contributed by atoms with Crippen molar-refractivity contribution in [2.45, 2.75) is 19.3 Å². The molecule has 0 spiro atoms. The summed E-state index contributed by atoms with van der Waals surface area (Å²) in [6.45, 7) is 2.21. The third-order valence-electron chi connectivity index (χ3n) is 4.23. The van der Waals surface area contributed by atoms with Gasteiger partial charge in [0.15, 0.2) is 0 Å². The molecule has 2 aromatic rings. The SMILES string of the molecule is COc1ccc(C2Cc3ccc(OC)cc3C=C2C)cc1. The van der Waals surface area contributed by atoms with Crippen LogP contribution in [0.15, 0.2) is 48.0 Å². The van der Waals surface area contributed by atoms with Crippen LogP contribution < -0.4 is 9.47 Å². The van der Waals surface area contributed by atoms with Crippen LogP contribution in [0.4, 0.5) is 0 Å². The average molecular weight is 280 g/mol. The molecule has 0 aromatic heterocycles. The fourth-order valence-corrected chi connectivity index (χ4v) is 2.96. The molecule has 1 atom stereocenters. The van der Waals surface area contributed by atoms with E-state index in [0.29, 0.717) is 5.92 Å². The molecule has 0 radical (unpaired) electrons. The van der Waals surface area contributed by atoms with E-state index < -0.39 is 0 Å². The molecule has 1 aliphatic carbocycles. The molecule has 0 N–H and O–H groups in total. The molecule has 2 nitrogen and oxygen atoms in total. The second kappa shape index (κ2) is 5.65. The van der Waals surface area contributed by atoms with Gasteiger partial charge >= 0.3 is 0 Å². The standard InChI is InChI=1S/C19H20O2/c1-13-10-16-11-18(21-3)9-6-15(16)12-19(13)14-4-7-17(20-2)8-5-14/h4-11,19H,12H2,1-3H3. The molecule has 0 amide bonds. The molecule has 0 saturated carbocycles. The molecule has 0 aliphatic heterocycles. The highest BCUT2D eigenvalue weighted by atomic mass is 16.5. The highest BCUT2D eigenvalue weighted by Crippen LogP contribution is 2.37. The average Bonchev–Trinajstić information content (AvgIpc) is 2.53. The summed E-state index contributed by atoms with van der Waals surface area (Å²) in [5.74, 6) is 2.26. The zero-order valence-corrected chi connectivity index (χ0v) is 12.7. The second-order valence-corrected chi connectivity index (χ2v) is 5.48. The van der Waals surface area contributed by atoms with Crippen LogP contribution in [-0.2, 0) is 6.42 Å². The molecule has 0 fully saturated rings. The fraction of sp³-hybridized carbons (Fsp3) is 0.263. The lowest BCUT2D eigenvalue weighted by atomic mass is 9.80. The van der Waals surface area contributed by atoms with E-state index in [2.05, 4.69) is 37.3 Å². The number of benzene rings is 2. The van der Waals surface area contributed by atoms with Crippen molar-refractivity contribution in [1.29, 1.82) is 0 Å². The van der Waals surface area contributed by atoms with Gasteiger partial charge in [-0.1, -0.05) is 29.8 Å². The van der Waals surface area contributed by atoms with Crippen LogP contribution in [0.2, 0.25) is 0 Å². The Kier molecular flexibility index (Phi) is 3.70. The third-order valence-corrected chi connectivity index (χ3v) is 4.23. The largest absolute Gasteiger partial charge is 0.497 e. The summed E-state index contributed by atoms with van der Waals surface area (Å²) in [7, 11) is 3.41. The van der Waals surface area contributed by atoms with Gasteiger partial charge in [-0.05, 0) is 54.3 Å². The molecule has 1 aliphatic rings. The first-order valence-corrected chi connectivity index (χ1v) is 7.20. The van der Waals surface area contributed by atoms with Gasteiger partial charge in [0.2, 0.25) is 0 Å². The molecule has 0 bridgehead atoms. The van der Waals surface area contributed by atoms with Crippen molar-refractivity contribution in [2.24, 2.45) is 0 Å². The Hall–Kier alpha value is -2.22. The third kappa shape index (κ3) is 2.66. The summed E-state index contributed by atoms with van der Waals surface area (Å²) in [4.78, 5) is 0. The van der Waals surface area contributed by atoms with Crippen molar-refractivity contribution in [2.75, 3.05) is 14.2 Å². The van der Waals surface area contributed by atoms with Crippen LogP contribution in [0.3, 0.4) is 0 Å². The van der Waals surface area contributed by atoms with E-state index in [1.165, 1.54) is 22.3 Å². The van der Waals surface area contributed by atoms with Crippen LogP contribution in [-0.4, -0.2) is 14.2 Å². The summed E-state index contributed by atoms with van der Waals surface area (Å²) >= 11 is 0. The number of methoxy groups -OCH3 is 2. The zero-order valence-electron chi connectivity index (χ0n) is 12.7. The fourth-order valence-electron chi connectivity index (χ4n) is 2.96. The second-order valence-electron chi connectivity index (χ2n) is 5.48. The molecule has 0 saturated heterocycles. The predicted octanol–water partition coefficient (Wildman–Crippen LogP) is 4.45. The Balaban J connectivity index is 1.93. The van der Waals surface area contributed by atoms with E-state index in [1.807, 2.05) is 18.2 Å². The van der Waals surface area contributed by atoms with Gasteiger partial charge in [-0.2, -0.15) is 0 Å². The number of hydrogen-bond acceptors (Lipinski definition) is 2. The summed E-state index contributed by atoms with van der Waals surface area (Å²) < 4.78 is 10.5. The Bertz CT molecular complexity index is 668. The Labute approximate surface area is 126 Å². The quantitative estimate of drug-likeness (QED) is 0.827. The minimum Gasteiger partial charge on any atom is -0.497 e. The van der Waals surface area contributed by atoms with Crippen molar-refractivity contribution in [3.63, 3.8) is 0 Å². The van der Waals surface area contributed by atoms with Crippen LogP contribution in [0.25, 0.3) is 6.08 Å². The maximum absolute atomic E-state index is 5.31. The maximum Gasteiger partial charge on any atom is 0.119 e. The molecular formula is C19H20O2. The van der Waals surface area contributed by atoms with Crippen molar-refractivity contribution in [3.05, 3.63) is 64.7 Å². The first kappa shape index (κ1) is 13.7. The molecule has 1 unspecified atom stereocenters. The van der Waals surface area contributed by atoms with Crippen LogP contribution in [0.5, 0.6) is 11.5 Å². The smallest absolute Gasteiger partial charge is 0.119 e. The highest BCUT2D eigenvalue weighted by Gasteiger charge is 2.20. The lowest BCUT2D eigenvalue weighted by molar-refractivity contribution is 0.414. The molecular weight excluding hydrogens is 260 g/mol. The van der Waals surface area contributed by atoms with Gasteiger partial charge in [-0.25, -0.2) is 0 Å². The lowest BCUT2D eigenvalue weighted by Crippen LogP contribution is -2.10. The molecule has 3 rings (SSSR count). The minimum absolute atomic E-state index is 0.441. The van der Waals surface area contributed by atoms with E-state index in [1.54, 1.807) is 14.2 Å². The van der Waals surface area contributed by atoms with Gasteiger partial charge in [0.1, 0.15) is 11.5 Å². The van der Waals surface area contributed by atoms with Gasteiger partial charge in [0.05, 0.1) is 14.2 Å². The van der Waals surface area contributed by atoms with Gasteiger partial charge in [-0.15, -0.1) is 0 Å². The number of rotatable bonds is 3. The van der Waals surface area contributed by atoms with Crippen LogP contribution in [0.1, 0.15) is 29.5 Å². The molecule has 2 aromatic carbocycles. The van der Waals surface area contributed by atoms with E-state index in [0.717, 1.165) is 17.9 Å². The monoisotopic (exact) mass is 280 g/mol. The normalized spacial score (nSPS) is 16.9. The van der Waals surface area contributed by atoms with E-state index in [9.17, 15) is 0 Å². The van der Waals surface area contributed by atoms with E-state index in [4.69, 9.17) is 9.47 Å².